The number of amides is 1. The van der Waals surface area contributed by atoms with Gasteiger partial charge in [0.2, 0.25) is 5.91 Å². The molecule has 0 bridgehead atoms. The lowest BCUT2D eigenvalue weighted by molar-refractivity contribution is -0.126. The lowest BCUT2D eigenvalue weighted by Gasteiger charge is -2.25. The Hall–Kier alpha value is -2.47. The number of H-pyrrole nitrogens is 1. The SMILES string of the molecule is Cc1[nH]nc2c1CN(C(=O)/C=C/c1nc3ccccc3s1)CC2. The maximum Gasteiger partial charge on any atom is 0.246 e. The van der Waals surface area contributed by atoms with Gasteiger partial charge in [-0.25, -0.2) is 4.98 Å². The van der Waals surface area contributed by atoms with Crippen LogP contribution in [0.1, 0.15) is 22.0 Å². The van der Waals surface area contributed by atoms with Crippen LogP contribution >= 0.6 is 11.3 Å². The van der Waals surface area contributed by atoms with Gasteiger partial charge in [0.05, 0.1) is 15.9 Å². The molecule has 0 spiro atoms. The highest BCUT2D eigenvalue weighted by Crippen LogP contribution is 2.23. The summed E-state index contributed by atoms with van der Waals surface area (Å²) in [5.74, 6) is 0.0236. The van der Waals surface area contributed by atoms with Gasteiger partial charge in [-0.05, 0) is 25.1 Å². The Balaban J connectivity index is 1.50. The third-order valence-corrected chi connectivity index (χ3v) is 5.12. The van der Waals surface area contributed by atoms with Crippen molar-refractivity contribution >= 4 is 33.5 Å². The van der Waals surface area contributed by atoms with Crippen LogP contribution in [0.3, 0.4) is 0 Å². The number of aryl methyl sites for hydroxylation is 1. The number of aromatic amines is 1. The Labute approximate surface area is 137 Å². The summed E-state index contributed by atoms with van der Waals surface area (Å²) in [7, 11) is 0. The van der Waals surface area contributed by atoms with Gasteiger partial charge in [-0.2, -0.15) is 5.10 Å². The van der Waals surface area contributed by atoms with Crippen LogP contribution in [0, 0.1) is 6.92 Å². The molecule has 0 radical (unpaired) electrons. The van der Waals surface area contributed by atoms with Crippen molar-refractivity contribution in [3.8, 4) is 0 Å². The average molecular weight is 324 g/mol. The number of carbonyl (C=O) groups excluding carboxylic acids is 1. The van der Waals surface area contributed by atoms with E-state index in [-0.39, 0.29) is 5.91 Å². The van der Waals surface area contributed by atoms with Gasteiger partial charge in [0.25, 0.3) is 0 Å². The average Bonchev–Trinajstić information content (AvgIpc) is 3.16. The molecule has 23 heavy (non-hydrogen) atoms. The van der Waals surface area contributed by atoms with Gasteiger partial charge < -0.3 is 4.90 Å². The van der Waals surface area contributed by atoms with Crippen molar-refractivity contribution < 1.29 is 4.79 Å². The second kappa shape index (κ2) is 5.62. The van der Waals surface area contributed by atoms with Crippen molar-refractivity contribution in [2.75, 3.05) is 6.54 Å². The molecule has 1 N–H and O–H groups in total. The molecule has 0 unspecified atom stereocenters. The molecular formula is C17H16N4OS. The molecule has 3 aromatic rings. The van der Waals surface area contributed by atoms with Crippen molar-refractivity contribution in [1.29, 1.82) is 0 Å². The zero-order valence-corrected chi connectivity index (χ0v) is 13.6. The van der Waals surface area contributed by atoms with Gasteiger partial charge in [-0.3, -0.25) is 9.89 Å². The number of hydrogen-bond acceptors (Lipinski definition) is 4. The van der Waals surface area contributed by atoms with Crippen LogP contribution in [0.5, 0.6) is 0 Å². The van der Waals surface area contributed by atoms with Crippen LogP contribution in [0.2, 0.25) is 0 Å². The van der Waals surface area contributed by atoms with E-state index in [9.17, 15) is 4.79 Å². The third kappa shape index (κ3) is 2.66. The molecule has 0 saturated carbocycles. The number of rotatable bonds is 2. The van der Waals surface area contributed by atoms with Crippen LogP contribution in [0.25, 0.3) is 16.3 Å². The molecule has 1 aromatic carbocycles. The summed E-state index contributed by atoms with van der Waals surface area (Å²) in [4.78, 5) is 18.8. The normalized spacial score (nSPS) is 14.6. The van der Waals surface area contributed by atoms with E-state index in [0.29, 0.717) is 13.1 Å². The van der Waals surface area contributed by atoms with Gasteiger partial charge in [0.15, 0.2) is 0 Å². The summed E-state index contributed by atoms with van der Waals surface area (Å²) >= 11 is 1.59. The quantitative estimate of drug-likeness (QED) is 0.737. The Morgan fingerprint density at radius 1 is 1.39 bits per heavy atom. The highest BCUT2D eigenvalue weighted by atomic mass is 32.1. The number of fused-ring (bicyclic) bond motifs is 2. The molecule has 5 nitrogen and oxygen atoms in total. The number of carbonyl (C=O) groups is 1. The summed E-state index contributed by atoms with van der Waals surface area (Å²) < 4.78 is 1.14. The fraction of sp³-hybridized carbons (Fsp3) is 0.235. The molecule has 6 heteroatoms. The Bertz CT molecular complexity index is 875. The van der Waals surface area contributed by atoms with Crippen LogP contribution in [0.15, 0.2) is 30.3 Å². The van der Waals surface area contributed by atoms with Crippen molar-refractivity contribution in [3.63, 3.8) is 0 Å². The molecule has 0 atom stereocenters. The first-order valence-electron chi connectivity index (χ1n) is 7.56. The number of nitrogens with zero attached hydrogens (tertiary/aromatic N) is 3. The van der Waals surface area contributed by atoms with E-state index in [2.05, 4.69) is 15.2 Å². The molecule has 0 fully saturated rings. The topological polar surface area (TPSA) is 61.9 Å². The largest absolute Gasteiger partial charge is 0.334 e. The van der Waals surface area contributed by atoms with Gasteiger partial charge in [-0.1, -0.05) is 12.1 Å². The fourth-order valence-corrected chi connectivity index (χ4v) is 3.70. The minimum Gasteiger partial charge on any atom is -0.334 e. The molecule has 2 aromatic heterocycles. The highest BCUT2D eigenvalue weighted by Gasteiger charge is 2.22. The summed E-state index contributed by atoms with van der Waals surface area (Å²) in [5, 5.41) is 8.13. The predicted octanol–water partition coefficient (Wildman–Crippen LogP) is 2.93. The molecule has 0 aliphatic carbocycles. The van der Waals surface area contributed by atoms with E-state index in [0.717, 1.165) is 38.6 Å². The summed E-state index contributed by atoms with van der Waals surface area (Å²) in [6.45, 7) is 3.33. The van der Waals surface area contributed by atoms with Crippen LogP contribution < -0.4 is 0 Å². The molecule has 1 amide bonds. The van der Waals surface area contributed by atoms with Crippen molar-refractivity contribution in [3.05, 3.63) is 52.3 Å². The Morgan fingerprint density at radius 2 is 2.26 bits per heavy atom. The molecule has 0 saturated heterocycles. The van der Waals surface area contributed by atoms with Crippen LogP contribution in [-0.2, 0) is 17.8 Å². The summed E-state index contributed by atoms with van der Waals surface area (Å²) in [6, 6.07) is 8.00. The second-order valence-electron chi connectivity index (χ2n) is 5.64. The zero-order chi connectivity index (χ0) is 15.8. The van der Waals surface area contributed by atoms with E-state index in [1.165, 1.54) is 0 Å². The number of benzene rings is 1. The molecule has 1 aliphatic rings. The van der Waals surface area contributed by atoms with E-state index < -0.39 is 0 Å². The van der Waals surface area contributed by atoms with E-state index in [1.54, 1.807) is 17.4 Å². The number of hydrogen-bond donors (Lipinski definition) is 1. The van der Waals surface area contributed by atoms with Crippen molar-refractivity contribution in [2.24, 2.45) is 0 Å². The van der Waals surface area contributed by atoms with E-state index in [4.69, 9.17) is 0 Å². The van der Waals surface area contributed by atoms with Crippen LogP contribution in [-0.4, -0.2) is 32.5 Å². The molecular weight excluding hydrogens is 308 g/mol. The zero-order valence-electron chi connectivity index (χ0n) is 12.7. The molecule has 116 valence electrons. The standard InChI is InChI=1S/C17H16N4OS/c1-11-12-10-21(9-8-13(12)20-19-11)17(22)7-6-16-18-14-4-2-3-5-15(14)23-16/h2-7H,8-10H2,1H3,(H,19,20)/b7-6+. The number of para-hydroxylation sites is 1. The smallest absolute Gasteiger partial charge is 0.246 e. The minimum atomic E-state index is 0.0236. The molecule has 3 heterocycles. The van der Waals surface area contributed by atoms with E-state index in [1.807, 2.05) is 42.2 Å². The summed E-state index contributed by atoms with van der Waals surface area (Å²) in [6.07, 6.45) is 4.24. The first-order chi connectivity index (χ1) is 11.2. The maximum absolute atomic E-state index is 12.4. The second-order valence-corrected chi connectivity index (χ2v) is 6.70. The fourth-order valence-electron chi connectivity index (χ4n) is 2.83. The summed E-state index contributed by atoms with van der Waals surface area (Å²) in [5.41, 5.74) is 4.26. The number of aromatic nitrogens is 3. The van der Waals surface area contributed by atoms with Crippen LogP contribution in [0.4, 0.5) is 0 Å². The maximum atomic E-state index is 12.4. The third-order valence-electron chi connectivity index (χ3n) is 4.12. The first-order valence-corrected chi connectivity index (χ1v) is 8.37. The van der Waals surface area contributed by atoms with Gasteiger partial charge in [0.1, 0.15) is 5.01 Å². The van der Waals surface area contributed by atoms with Gasteiger partial charge >= 0.3 is 0 Å². The van der Waals surface area contributed by atoms with Crippen molar-refractivity contribution in [1.82, 2.24) is 20.1 Å². The van der Waals surface area contributed by atoms with Crippen molar-refractivity contribution in [2.45, 2.75) is 19.9 Å². The Morgan fingerprint density at radius 3 is 3.13 bits per heavy atom. The highest BCUT2D eigenvalue weighted by molar-refractivity contribution is 7.19. The van der Waals surface area contributed by atoms with Gasteiger partial charge in [-0.15, -0.1) is 11.3 Å². The molecule has 1 aliphatic heterocycles. The van der Waals surface area contributed by atoms with Gasteiger partial charge in [0, 0.05) is 36.8 Å². The lowest BCUT2D eigenvalue weighted by atomic mass is 10.1. The lowest BCUT2D eigenvalue weighted by Crippen LogP contribution is -2.34. The van der Waals surface area contributed by atoms with E-state index >= 15 is 0 Å². The number of nitrogens with one attached hydrogen (secondary N) is 1. The first kappa shape index (κ1) is 14.1. The molecule has 4 rings (SSSR count). The number of thiazole rings is 1. The monoisotopic (exact) mass is 324 g/mol. The minimum absolute atomic E-state index is 0.0236. The Kier molecular flexibility index (Phi) is 3.46. The predicted molar refractivity (Wildman–Crippen MR) is 91.1 cm³/mol.